The number of piperidine rings is 1. The lowest BCUT2D eigenvalue weighted by atomic mass is 9.94. The van der Waals surface area contributed by atoms with Crippen molar-refractivity contribution in [2.24, 2.45) is 0 Å². The normalized spacial score (nSPS) is 18.8. The Hall–Kier alpha value is -1.74. The van der Waals surface area contributed by atoms with Gasteiger partial charge in [-0.2, -0.15) is 0 Å². The molecule has 0 unspecified atom stereocenters. The summed E-state index contributed by atoms with van der Waals surface area (Å²) in [6, 6.07) is 20.3. The number of likely N-dealkylation sites (tertiary alicyclic amines) is 1. The highest BCUT2D eigenvalue weighted by atomic mass is 19.3. The minimum Gasteiger partial charge on any atom is -0.292 e. The third kappa shape index (κ3) is 3.30. The minimum absolute atomic E-state index is 0.0524. The number of benzene rings is 2. The number of hydrogen-bond donors (Lipinski definition) is 0. The Balaban J connectivity index is 1.91. The van der Waals surface area contributed by atoms with Gasteiger partial charge in [-0.1, -0.05) is 60.7 Å². The summed E-state index contributed by atoms with van der Waals surface area (Å²) in [6.45, 7) is 0.864. The predicted octanol–water partition coefficient (Wildman–Crippen LogP) is 4.51. The van der Waals surface area contributed by atoms with E-state index in [9.17, 15) is 8.78 Å². The molecule has 0 spiro atoms. The van der Waals surface area contributed by atoms with E-state index >= 15 is 0 Å². The molecule has 1 heterocycles. The lowest BCUT2D eigenvalue weighted by Crippen LogP contribution is -2.41. The Morgan fingerprint density at radius 3 is 1.62 bits per heavy atom. The van der Waals surface area contributed by atoms with Crippen LogP contribution in [0.3, 0.4) is 0 Å². The van der Waals surface area contributed by atoms with E-state index in [1.165, 1.54) is 0 Å². The molecule has 0 bridgehead atoms. The summed E-state index contributed by atoms with van der Waals surface area (Å²) in [4.78, 5) is 2.17. The molecule has 1 fully saturated rings. The summed E-state index contributed by atoms with van der Waals surface area (Å²) in [6.07, 6.45) is -0.105. The van der Waals surface area contributed by atoms with Crippen LogP contribution in [0.1, 0.15) is 30.0 Å². The van der Waals surface area contributed by atoms with Crippen LogP contribution in [-0.4, -0.2) is 23.9 Å². The van der Waals surface area contributed by atoms with Gasteiger partial charge in [0, 0.05) is 25.9 Å². The monoisotopic (exact) mass is 287 g/mol. The second-order valence-corrected chi connectivity index (χ2v) is 5.62. The van der Waals surface area contributed by atoms with Gasteiger partial charge in [-0.15, -0.1) is 0 Å². The van der Waals surface area contributed by atoms with Crippen LogP contribution in [0.5, 0.6) is 0 Å². The van der Waals surface area contributed by atoms with Crippen molar-refractivity contribution in [2.75, 3.05) is 13.1 Å². The number of halogens is 2. The third-order valence-electron chi connectivity index (χ3n) is 4.13. The van der Waals surface area contributed by atoms with Gasteiger partial charge >= 0.3 is 0 Å². The molecule has 3 heteroatoms. The fourth-order valence-electron chi connectivity index (χ4n) is 2.99. The molecule has 0 radical (unpaired) electrons. The molecule has 0 N–H and O–H groups in total. The molecule has 110 valence electrons. The van der Waals surface area contributed by atoms with E-state index in [1.807, 2.05) is 36.4 Å². The quantitative estimate of drug-likeness (QED) is 0.803. The average molecular weight is 287 g/mol. The van der Waals surface area contributed by atoms with E-state index < -0.39 is 5.92 Å². The van der Waals surface area contributed by atoms with Gasteiger partial charge in [0.2, 0.25) is 0 Å². The smallest absolute Gasteiger partial charge is 0.250 e. The summed E-state index contributed by atoms with van der Waals surface area (Å²) in [5.41, 5.74) is 2.32. The molecule has 3 rings (SSSR count). The van der Waals surface area contributed by atoms with E-state index in [1.54, 1.807) is 0 Å². The molecule has 0 atom stereocenters. The molecule has 1 aliphatic rings. The maximum atomic E-state index is 13.4. The highest BCUT2D eigenvalue weighted by Gasteiger charge is 2.36. The van der Waals surface area contributed by atoms with Crippen molar-refractivity contribution < 1.29 is 8.78 Å². The SMILES string of the molecule is FC1(F)CCN(C(c2ccccc2)c2ccccc2)CC1. The molecule has 1 aliphatic heterocycles. The fraction of sp³-hybridized carbons (Fsp3) is 0.333. The zero-order valence-electron chi connectivity index (χ0n) is 11.9. The van der Waals surface area contributed by atoms with E-state index in [2.05, 4.69) is 29.2 Å². The van der Waals surface area contributed by atoms with Crippen LogP contribution < -0.4 is 0 Å². The number of nitrogens with zero attached hydrogens (tertiary/aromatic N) is 1. The average Bonchev–Trinajstić information content (AvgIpc) is 2.51. The van der Waals surface area contributed by atoms with E-state index in [-0.39, 0.29) is 18.9 Å². The van der Waals surface area contributed by atoms with Crippen molar-refractivity contribution in [2.45, 2.75) is 24.8 Å². The fourth-order valence-corrected chi connectivity index (χ4v) is 2.99. The van der Waals surface area contributed by atoms with Crippen LogP contribution in [0.4, 0.5) is 8.78 Å². The summed E-state index contributed by atoms with van der Waals surface area (Å²) >= 11 is 0. The Bertz CT molecular complexity index is 519. The topological polar surface area (TPSA) is 3.24 Å². The van der Waals surface area contributed by atoms with Crippen molar-refractivity contribution >= 4 is 0 Å². The number of rotatable bonds is 3. The molecule has 0 saturated carbocycles. The maximum Gasteiger partial charge on any atom is 0.250 e. The minimum atomic E-state index is -2.51. The van der Waals surface area contributed by atoms with Gasteiger partial charge in [0.05, 0.1) is 6.04 Å². The van der Waals surface area contributed by atoms with Crippen molar-refractivity contribution in [1.29, 1.82) is 0 Å². The van der Waals surface area contributed by atoms with Crippen molar-refractivity contribution in [3.63, 3.8) is 0 Å². The van der Waals surface area contributed by atoms with Gasteiger partial charge in [0.25, 0.3) is 5.92 Å². The molecule has 0 aromatic heterocycles. The zero-order chi connectivity index (χ0) is 14.7. The van der Waals surface area contributed by atoms with E-state index in [0.29, 0.717) is 13.1 Å². The molecular weight excluding hydrogens is 268 g/mol. The van der Waals surface area contributed by atoms with Gasteiger partial charge in [-0.3, -0.25) is 4.90 Å². The number of alkyl halides is 2. The first-order valence-corrected chi connectivity index (χ1v) is 7.37. The lowest BCUT2D eigenvalue weighted by molar-refractivity contribution is -0.0605. The molecule has 1 nitrogen and oxygen atoms in total. The van der Waals surface area contributed by atoms with E-state index in [0.717, 1.165) is 11.1 Å². The Morgan fingerprint density at radius 1 is 0.762 bits per heavy atom. The van der Waals surface area contributed by atoms with Crippen LogP contribution >= 0.6 is 0 Å². The lowest BCUT2D eigenvalue weighted by Gasteiger charge is -2.38. The Kier molecular flexibility index (Phi) is 4.02. The summed E-state index contributed by atoms with van der Waals surface area (Å²) in [5, 5.41) is 0. The summed E-state index contributed by atoms with van der Waals surface area (Å²) < 4.78 is 26.8. The standard InChI is InChI=1S/C18H19F2N/c19-18(20)11-13-21(14-12-18)17(15-7-3-1-4-8-15)16-9-5-2-6-10-16/h1-10,17H,11-14H2. The highest BCUT2D eigenvalue weighted by molar-refractivity contribution is 5.31. The van der Waals surface area contributed by atoms with Crippen LogP contribution in [0, 0.1) is 0 Å². The second kappa shape index (κ2) is 5.94. The van der Waals surface area contributed by atoms with Gasteiger partial charge in [0.15, 0.2) is 0 Å². The first-order chi connectivity index (χ1) is 10.2. The molecule has 1 saturated heterocycles. The summed E-state index contributed by atoms with van der Waals surface area (Å²) in [7, 11) is 0. The largest absolute Gasteiger partial charge is 0.292 e. The van der Waals surface area contributed by atoms with Crippen LogP contribution in [0.25, 0.3) is 0 Å². The summed E-state index contributed by atoms with van der Waals surface area (Å²) in [5.74, 6) is -2.51. The number of hydrogen-bond acceptors (Lipinski definition) is 1. The molecule has 21 heavy (non-hydrogen) atoms. The molecular formula is C18H19F2N. The second-order valence-electron chi connectivity index (χ2n) is 5.62. The van der Waals surface area contributed by atoms with Gasteiger partial charge in [-0.25, -0.2) is 8.78 Å². The van der Waals surface area contributed by atoms with Crippen molar-refractivity contribution in [3.8, 4) is 0 Å². The van der Waals surface area contributed by atoms with Gasteiger partial charge in [-0.05, 0) is 11.1 Å². The maximum absolute atomic E-state index is 13.4. The Morgan fingerprint density at radius 2 is 1.19 bits per heavy atom. The van der Waals surface area contributed by atoms with Gasteiger partial charge in [0.1, 0.15) is 0 Å². The van der Waals surface area contributed by atoms with Crippen LogP contribution in [0.15, 0.2) is 60.7 Å². The predicted molar refractivity (Wildman–Crippen MR) is 80.5 cm³/mol. The van der Waals surface area contributed by atoms with Crippen LogP contribution in [0.2, 0.25) is 0 Å². The highest BCUT2D eigenvalue weighted by Crippen LogP contribution is 2.35. The van der Waals surface area contributed by atoms with Crippen molar-refractivity contribution in [1.82, 2.24) is 4.90 Å². The first-order valence-electron chi connectivity index (χ1n) is 7.37. The molecule has 2 aromatic rings. The molecule has 2 aromatic carbocycles. The third-order valence-corrected chi connectivity index (χ3v) is 4.13. The molecule has 0 aliphatic carbocycles. The zero-order valence-corrected chi connectivity index (χ0v) is 11.9. The van der Waals surface area contributed by atoms with Crippen LogP contribution in [-0.2, 0) is 0 Å². The van der Waals surface area contributed by atoms with Gasteiger partial charge < -0.3 is 0 Å². The van der Waals surface area contributed by atoms with E-state index in [4.69, 9.17) is 0 Å². The first kappa shape index (κ1) is 14.2. The molecule has 0 amide bonds. The Labute approximate surface area is 124 Å². The van der Waals surface area contributed by atoms with Crippen molar-refractivity contribution in [3.05, 3.63) is 71.8 Å².